The number of nitrogen functional groups attached to an aromatic ring is 1. The van der Waals surface area contributed by atoms with Crippen LogP contribution in [0.2, 0.25) is 0 Å². The number of nitrogens with zero attached hydrogens (tertiary/aromatic N) is 1. The first-order valence-corrected chi connectivity index (χ1v) is 12.9. The van der Waals surface area contributed by atoms with Crippen molar-refractivity contribution in [1.29, 1.82) is 0 Å². The van der Waals surface area contributed by atoms with E-state index in [-0.39, 0.29) is 29.5 Å². The van der Waals surface area contributed by atoms with E-state index in [1.807, 2.05) is 0 Å². The smallest absolute Gasteiger partial charge is 0.337 e. The monoisotopic (exact) mass is 555 g/mol. The highest BCUT2D eigenvalue weighted by Crippen LogP contribution is 2.45. The molecule has 1 aliphatic rings. The van der Waals surface area contributed by atoms with Crippen LogP contribution in [0, 0.1) is 11.6 Å². The number of anilines is 2. The summed E-state index contributed by atoms with van der Waals surface area (Å²) in [4.78, 5) is 24.5. The van der Waals surface area contributed by atoms with Crippen molar-refractivity contribution in [3.8, 4) is 11.3 Å². The Kier molecular flexibility index (Phi) is 6.83. The number of fused-ring (bicyclic) bond motifs is 1. The predicted molar refractivity (Wildman–Crippen MR) is 142 cm³/mol. The van der Waals surface area contributed by atoms with Crippen molar-refractivity contribution in [2.45, 2.75) is 25.3 Å². The molecule has 1 heterocycles. The third-order valence-electron chi connectivity index (χ3n) is 6.66. The number of carboxylic acids is 1. The van der Waals surface area contributed by atoms with Crippen LogP contribution in [0.25, 0.3) is 22.3 Å². The molecule has 0 aliphatic heterocycles. The first-order chi connectivity index (χ1) is 18.6. The first kappa shape index (κ1) is 26.3. The molecule has 1 amide bonds. The van der Waals surface area contributed by atoms with Gasteiger partial charge in [0.2, 0.25) is 0 Å². The molecular weight excluding hydrogens is 532 g/mol. The van der Waals surface area contributed by atoms with Crippen LogP contribution in [0.15, 0.2) is 52.9 Å². The molecule has 1 aliphatic carbocycles. The fourth-order valence-electron chi connectivity index (χ4n) is 4.58. The summed E-state index contributed by atoms with van der Waals surface area (Å²) in [6.45, 7) is -0.199. The Morgan fingerprint density at radius 1 is 1.15 bits per heavy atom. The minimum absolute atomic E-state index is 0.123. The molecule has 1 atom stereocenters. The van der Waals surface area contributed by atoms with Crippen LogP contribution in [-0.2, 0) is 17.8 Å². The summed E-state index contributed by atoms with van der Waals surface area (Å²) in [7, 11) is 1.48. The maximum absolute atomic E-state index is 14.5. The van der Waals surface area contributed by atoms with E-state index in [0.29, 0.717) is 22.1 Å². The number of amides is 1. The van der Waals surface area contributed by atoms with Crippen LogP contribution in [0.1, 0.15) is 50.6 Å². The molecule has 0 radical (unpaired) electrons. The zero-order valence-electron chi connectivity index (χ0n) is 20.5. The summed E-state index contributed by atoms with van der Waals surface area (Å²) in [5.41, 5.74) is 6.71. The molecule has 39 heavy (non-hydrogen) atoms. The number of benzene rings is 3. The van der Waals surface area contributed by atoms with E-state index in [2.05, 4.69) is 5.32 Å². The average molecular weight is 556 g/mol. The van der Waals surface area contributed by atoms with Crippen LogP contribution in [0.5, 0.6) is 0 Å². The van der Waals surface area contributed by atoms with E-state index in [1.165, 1.54) is 31.3 Å². The number of furan rings is 1. The standard InChI is InChI=1S/C27H23F2N3O6S/c1-31-26(33)23-19-11-18(13-2-3-13)15(8-22(19)38-25(23)14-4-6-16(28)7-5-14)12-32(39(36)37)17-9-20(27(34)35)24(30)21(29)10-17/h4-11,13H,2-3,12,30H2,1H3,(H,31,33)(H,34,35)(H,36,37). The Bertz CT molecular complexity index is 1650. The molecule has 202 valence electrons. The highest BCUT2D eigenvalue weighted by molar-refractivity contribution is 7.80. The number of nitrogens with one attached hydrogen (secondary N) is 1. The zero-order valence-corrected chi connectivity index (χ0v) is 21.4. The summed E-state index contributed by atoms with van der Waals surface area (Å²) >= 11 is -2.66. The Morgan fingerprint density at radius 3 is 2.44 bits per heavy atom. The molecule has 5 N–H and O–H groups in total. The second-order valence-corrected chi connectivity index (χ2v) is 10.1. The molecule has 0 spiro atoms. The van der Waals surface area contributed by atoms with Gasteiger partial charge in [-0.15, -0.1) is 0 Å². The average Bonchev–Trinajstić information content (AvgIpc) is 3.68. The Labute approximate surface area is 223 Å². The van der Waals surface area contributed by atoms with Gasteiger partial charge in [0, 0.05) is 24.1 Å². The van der Waals surface area contributed by atoms with Gasteiger partial charge < -0.3 is 20.6 Å². The maximum atomic E-state index is 14.5. The Balaban J connectivity index is 1.66. The minimum Gasteiger partial charge on any atom is -0.478 e. The molecular formula is C27H23F2N3O6S. The van der Waals surface area contributed by atoms with E-state index in [9.17, 15) is 32.2 Å². The third kappa shape index (κ3) is 4.95. The molecule has 12 heteroatoms. The molecule has 1 unspecified atom stereocenters. The molecule has 1 fully saturated rings. The van der Waals surface area contributed by atoms with Crippen molar-refractivity contribution in [3.05, 3.63) is 82.4 Å². The molecule has 3 aromatic carbocycles. The highest BCUT2D eigenvalue weighted by Gasteiger charge is 2.31. The van der Waals surface area contributed by atoms with Gasteiger partial charge in [0.25, 0.3) is 17.2 Å². The van der Waals surface area contributed by atoms with Gasteiger partial charge in [-0.25, -0.2) is 17.8 Å². The highest BCUT2D eigenvalue weighted by atomic mass is 32.2. The molecule has 5 rings (SSSR count). The van der Waals surface area contributed by atoms with Crippen molar-refractivity contribution >= 4 is 45.5 Å². The van der Waals surface area contributed by atoms with E-state index in [4.69, 9.17) is 10.2 Å². The van der Waals surface area contributed by atoms with Gasteiger partial charge in [-0.1, -0.05) is 0 Å². The fourth-order valence-corrected chi connectivity index (χ4v) is 5.12. The third-order valence-corrected chi connectivity index (χ3v) is 7.38. The lowest BCUT2D eigenvalue weighted by Gasteiger charge is -2.22. The molecule has 1 saturated carbocycles. The number of nitrogens with two attached hydrogens (primary N) is 1. The molecule has 0 saturated heterocycles. The van der Waals surface area contributed by atoms with E-state index >= 15 is 0 Å². The van der Waals surface area contributed by atoms with E-state index < -0.39 is 46.0 Å². The lowest BCUT2D eigenvalue weighted by Crippen LogP contribution is -2.26. The van der Waals surface area contributed by atoms with Crippen LogP contribution in [0.3, 0.4) is 0 Å². The van der Waals surface area contributed by atoms with Crippen LogP contribution in [-0.4, -0.2) is 32.8 Å². The largest absolute Gasteiger partial charge is 0.478 e. The van der Waals surface area contributed by atoms with E-state index in [0.717, 1.165) is 34.8 Å². The second kappa shape index (κ2) is 10.1. The number of carbonyl (C=O) groups excluding carboxylic acids is 1. The number of hydrogen-bond acceptors (Lipinski definition) is 5. The molecule has 1 aromatic heterocycles. The Hall–Kier alpha value is -4.29. The zero-order chi connectivity index (χ0) is 28.0. The Morgan fingerprint density at radius 2 is 1.85 bits per heavy atom. The molecule has 0 bridgehead atoms. The van der Waals surface area contributed by atoms with Crippen molar-refractivity contribution in [1.82, 2.24) is 5.32 Å². The van der Waals surface area contributed by atoms with Gasteiger partial charge in [0.05, 0.1) is 29.0 Å². The van der Waals surface area contributed by atoms with Crippen LogP contribution >= 0.6 is 0 Å². The number of carboxylic acid groups (broad SMARTS) is 1. The van der Waals surface area contributed by atoms with Gasteiger partial charge in [-0.2, -0.15) is 0 Å². The SMILES string of the molecule is CNC(=O)c1c(-c2ccc(F)cc2)oc2cc(CN(c3cc(F)c(N)c(C(=O)O)c3)S(=O)O)c(C3CC3)cc12. The van der Waals surface area contributed by atoms with Gasteiger partial charge in [-0.05, 0) is 72.4 Å². The first-order valence-electron chi connectivity index (χ1n) is 11.9. The van der Waals surface area contributed by atoms with Crippen molar-refractivity contribution in [3.63, 3.8) is 0 Å². The van der Waals surface area contributed by atoms with Gasteiger partial charge in [0.15, 0.2) is 0 Å². The van der Waals surface area contributed by atoms with Crippen LogP contribution in [0.4, 0.5) is 20.2 Å². The quantitative estimate of drug-likeness (QED) is 0.176. The van der Waals surface area contributed by atoms with Crippen LogP contribution < -0.4 is 15.4 Å². The number of hydrogen-bond donors (Lipinski definition) is 4. The lowest BCUT2D eigenvalue weighted by atomic mass is 9.97. The second-order valence-electron chi connectivity index (χ2n) is 9.17. The van der Waals surface area contributed by atoms with Gasteiger partial charge >= 0.3 is 5.97 Å². The molecule has 9 nitrogen and oxygen atoms in total. The summed E-state index contributed by atoms with van der Waals surface area (Å²) in [5.74, 6) is -3.02. The maximum Gasteiger partial charge on any atom is 0.337 e. The predicted octanol–water partition coefficient (Wildman–Crippen LogP) is 5.04. The van der Waals surface area contributed by atoms with Gasteiger partial charge in [-0.3, -0.25) is 13.7 Å². The number of halogens is 2. The normalized spacial score (nSPS) is 13.8. The number of carbonyl (C=O) groups is 2. The lowest BCUT2D eigenvalue weighted by molar-refractivity contribution is 0.0697. The number of rotatable bonds is 8. The summed E-state index contributed by atoms with van der Waals surface area (Å²) < 4.78 is 57.5. The van der Waals surface area contributed by atoms with Crippen molar-refractivity contribution in [2.75, 3.05) is 17.1 Å². The van der Waals surface area contributed by atoms with Gasteiger partial charge in [0.1, 0.15) is 23.0 Å². The summed E-state index contributed by atoms with van der Waals surface area (Å²) in [6, 6.07) is 10.9. The minimum atomic E-state index is -2.66. The topological polar surface area (TPSA) is 146 Å². The summed E-state index contributed by atoms with van der Waals surface area (Å²) in [6.07, 6.45) is 1.72. The number of aromatic carboxylic acids is 1. The van der Waals surface area contributed by atoms with E-state index in [1.54, 1.807) is 12.1 Å². The fraction of sp³-hybridized carbons (Fsp3) is 0.185. The van der Waals surface area contributed by atoms with Crippen molar-refractivity contribution in [2.24, 2.45) is 0 Å². The van der Waals surface area contributed by atoms with Crippen molar-refractivity contribution < 1.29 is 36.7 Å². The molecule has 4 aromatic rings. The summed E-state index contributed by atoms with van der Waals surface area (Å²) in [5, 5.41) is 12.5.